The summed E-state index contributed by atoms with van der Waals surface area (Å²) in [7, 11) is 0. The fraction of sp³-hybridized carbons (Fsp3) is 0.294. The van der Waals surface area contributed by atoms with Gasteiger partial charge in [0, 0.05) is 6.20 Å². The maximum Gasteiger partial charge on any atom is 0.157 e. The minimum absolute atomic E-state index is 0.890. The van der Waals surface area contributed by atoms with E-state index in [2.05, 4.69) is 29.9 Å². The molecule has 0 atom stereocenters. The first-order valence-corrected chi connectivity index (χ1v) is 7.10. The van der Waals surface area contributed by atoms with Gasteiger partial charge in [0.15, 0.2) is 5.65 Å². The SMILES string of the molecule is CC(C)=CCCCc1c[nH]c2nc3ccccc3nc12. The smallest absolute Gasteiger partial charge is 0.157 e. The van der Waals surface area contributed by atoms with Gasteiger partial charge < -0.3 is 4.98 Å². The third kappa shape index (κ3) is 2.57. The van der Waals surface area contributed by atoms with E-state index in [1.807, 2.05) is 30.5 Å². The Morgan fingerprint density at radius 1 is 1.15 bits per heavy atom. The average Bonchev–Trinajstić information content (AvgIpc) is 2.83. The molecular formula is C17H19N3. The molecular weight excluding hydrogens is 246 g/mol. The normalized spacial score (nSPS) is 11.1. The van der Waals surface area contributed by atoms with Crippen LogP contribution in [0, 0.1) is 0 Å². The molecule has 1 N–H and O–H groups in total. The van der Waals surface area contributed by atoms with E-state index in [0.717, 1.165) is 41.5 Å². The zero-order valence-corrected chi connectivity index (χ0v) is 12.0. The topological polar surface area (TPSA) is 41.6 Å². The van der Waals surface area contributed by atoms with Gasteiger partial charge in [0.25, 0.3) is 0 Å². The molecule has 0 amide bonds. The Labute approximate surface area is 118 Å². The van der Waals surface area contributed by atoms with E-state index in [-0.39, 0.29) is 0 Å². The quantitative estimate of drug-likeness (QED) is 0.561. The first-order chi connectivity index (χ1) is 9.74. The summed E-state index contributed by atoms with van der Waals surface area (Å²) in [4.78, 5) is 12.6. The number of aromatic nitrogens is 3. The zero-order valence-electron chi connectivity index (χ0n) is 12.0. The molecule has 3 nitrogen and oxygen atoms in total. The number of aromatic amines is 1. The Kier molecular flexibility index (Phi) is 3.50. The number of rotatable bonds is 4. The van der Waals surface area contributed by atoms with Crippen LogP contribution in [-0.2, 0) is 6.42 Å². The van der Waals surface area contributed by atoms with E-state index in [4.69, 9.17) is 4.98 Å². The van der Waals surface area contributed by atoms with Gasteiger partial charge in [-0.15, -0.1) is 0 Å². The molecule has 0 aliphatic heterocycles. The van der Waals surface area contributed by atoms with Crippen molar-refractivity contribution in [2.75, 3.05) is 0 Å². The summed E-state index contributed by atoms with van der Waals surface area (Å²) >= 11 is 0. The summed E-state index contributed by atoms with van der Waals surface area (Å²) < 4.78 is 0. The Morgan fingerprint density at radius 3 is 2.65 bits per heavy atom. The molecule has 0 radical (unpaired) electrons. The number of nitrogens with zero attached hydrogens (tertiary/aromatic N) is 2. The molecule has 2 heterocycles. The second-order valence-electron chi connectivity index (χ2n) is 5.40. The van der Waals surface area contributed by atoms with E-state index in [1.54, 1.807) is 0 Å². The van der Waals surface area contributed by atoms with Crippen molar-refractivity contribution in [3.63, 3.8) is 0 Å². The van der Waals surface area contributed by atoms with Crippen LogP contribution < -0.4 is 0 Å². The summed E-state index contributed by atoms with van der Waals surface area (Å²) in [5.74, 6) is 0. The van der Waals surface area contributed by atoms with Crippen LogP contribution in [0.3, 0.4) is 0 Å². The first-order valence-electron chi connectivity index (χ1n) is 7.10. The van der Waals surface area contributed by atoms with Crippen molar-refractivity contribution in [3.8, 4) is 0 Å². The highest BCUT2D eigenvalue weighted by molar-refractivity contribution is 5.86. The molecule has 102 valence electrons. The largest absolute Gasteiger partial charge is 0.344 e. The van der Waals surface area contributed by atoms with Crippen molar-refractivity contribution in [2.24, 2.45) is 0 Å². The van der Waals surface area contributed by atoms with Crippen LogP contribution in [0.4, 0.5) is 0 Å². The highest BCUT2D eigenvalue weighted by Gasteiger charge is 2.07. The van der Waals surface area contributed by atoms with Gasteiger partial charge in [-0.3, -0.25) is 0 Å². The molecule has 0 unspecified atom stereocenters. The van der Waals surface area contributed by atoms with E-state index in [0.29, 0.717) is 0 Å². The lowest BCUT2D eigenvalue weighted by molar-refractivity contribution is 0.841. The highest BCUT2D eigenvalue weighted by Crippen LogP contribution is 2.20. The molecule has 0 saturated carbocycles. The van der Waals surface area contributed by atoms with Crippen molar-refractivity contribution in [1.82, 2.24) is 15.0 Å². The van der Waals surface area contributed by atoms with Gasteiger partial charge >= 0.3 is 0 Å². The van der Waals surface area contributed by atoms with Crippen molar-refractivity contribution in [1.29, 1.82) is 0 Å². The molecule has 0 bridgehead atoms. The number of fused-ring (bicyclic) bond motifs is 2. The molecule has 1 aromatic carbocycles. The molecule has 0 spiro atoms. The Hall–Kier alpha value is -2.16. The van der Waals surface area contributed by atoms with E-state index in [9.17, 15) is 0 Å². The molecule has 0 fully saturated rings. The van der Waals surface area contributed by atoms with Crippen LogP contribution in [0.5, 0.6) is 0 Å². The number of hydrogen-bond acceptors (Lipinski definition) is 2. The predicted octanol–water partition coefficient (Wildman–Crippen LogP) is 4.40. The van der Waals surface area contributed by atoms with Gasteiger partial charge in [0.05, 0.1) is 11.0 Å². The molecule has 0 aliphatic carbocycles. The van der Waals surface area contributed by atoms with Crippen molar-refractivity contribution < 1.29 is 0 Å². The number of aryl methyl sites for hydroxylation is 1. The van der Waals surface area contributed by atoms with Gasteiger partial charge in [0.2, 0.25) is 0 Å². The van der Waals surface area contributed by atoms with Gasteiger partial charge in [-0.25, -0.2) is 9.97 Å². The lowest BCUT2D eigenvalue weighted by Gasteiger charge is -1.99. The van der Waals surface area contributed by atoms with Crippen molar-refractivity contribution >= 4 is 22.2 Å². The van der Waals surface area contributed by atoms with E-state index < -0.39 is 0 Å². The molecule has 3 rings (SSSR count). The molecule has 0 saturated heterocycles. The summed E-state index contributed by atoms with van der Waals surface area (Å²) in [6.45, 7) is 4.28. The third-order valence-corrected chi connectivity index (χ3v) is 3.46. The second kappa shape index (κ2) is 5.45. The van der Waals surface area contributed by atoms with Crippen molar-refractivity contribution in [3.05, 3.63) is 47.7 Å². The minimum atomic E-state index is 0.890. The number of benzene rings is 1. The maximum atomic E-state index is 4.74. The Balaban J connectivity index is 1.88. The standard InChI is InChI=1S/C17H19N3/c1-12(2)7-3-4-8-13-11-18-17-16(13)19-14-9-5-6-10-15(14)20-17/h5-7,9-11H,3-4,8H2,1-2H3,(H,18,20). The number of unbranched alkanes of at least 4 members (excludes halogenated alkanes) is 1. The van der Waals surface area contributed by atoms with Crippen LogP contribution >= 0.6 is 0 Å². The lowest BCUT2D eigenvalue weighted by Crippen LogP contribution is -1.88. The van der Waals surface area contributed by atoms with E-state index in [1.165, 1.54) is 11.1 Å². The number of para-hydroxylation sites is 2. The monoisotopic (exact) mass is 265 g/mol. The summed E-state index contributed by atoms with van der Waals surface area (Å²) in [6.07, 6.45) is 7.64. The van der Waals surface area contributed by atoms with Crippen LogP contribution in [0.2, 0.25) is 0 Å². The van der Waals surface area contributed by atoms with E-state index >= 15 is 0 Å². The van der Waals surface area contributed by atoms with Gasteiger partial charge in [-0.2, -0.15) is 0 Å². The number of allylic oxidation sites excluding steroid dienone is 2. The van der Waals surface area contributed by atoms with Crippen LogP contribution in [-0.4, -0.2) is 15.0 Å². The Morgan fingerprint density at radius 2 is 1.90 bits per heavy atom. The molecule has 20 heavy (non-hydrogen) atoms. The second-order valence-corrected chi connectivity index (χ2v) is 5.40. The zero-order chi connectivity index (χ0) is 13.9. The summed E-state index contributed by atoms with van der Waals surface area (Å²) in [6, 6.07) is 8.01. The van der Waals surface area contributed by atoms with Crippen molar-refractivity contribution in [2.45, 2.75) is 33.1 Å². The fourth-order valence-corrected chi connectivity index (χ4v) is 2.42. The predicted molar refractivity (Wildman–Crippen MR) is 83.8 cm³/mol. The van der Waals surface area contributed by atoms with Gasteiger partial charge in [0.1, 0.15) is 5.52 Å². The van der Waals surface area contributed by atoms with Crippen LogP contribution in [0.1, 0.15) is 32.3 Å². The highest BCUT2D eigenvalue weighted by atomic mass is 14.9. The minimum Gasteiger partial charge on any atom is -0.344 e. The summed E-state index contributed by atoms with van der Waals surface area (Å²) in [5, 5.41) is 0. The number of H-pyrrole nitrogens is 1. The Bertz CT molecular complexity index is 764. The molecule has 0 aliphatic rings. The van der Waals surface area contributed by atoms with Gasteiger partial charge in [-0.1, -0.05) is 23.8 Å². The van der Waals surface area contributed by atoms with Gasteiger partial charge in [-0.05, 0) is 50.8 Å². The number of hydrogen-bond donors (Lipinski definition) is 1. The van der Waals surface area contributed by atoms with Crippen LogP contribution in [0.15, 0.2) is 42.1 Å². The molecule has 3 heteroatoms. The molecule has 2 aromatic heterocycles. The van der Waals surface area contributed by atoms with Crippen LogP contribution in [0.25, 0.3) is 22.2 Å². The third-order valence-electron chi connectivity index (χ3n) is 3.46. The lowest BCUT2D eigenvalue weighted by atomic mass is 10.1. The average molecular weight is 265 g/mol. The number of nitrogens with one attached hydrogen (secondary N) is 1. The maximum absolute atomic E-state index is 4.74. The first kappa shape index (κ1) is 12.9. The molecule has 3 aromatic rings. The summed E-state index contributed by atoms with van der Waals surface area (Å²) in [5.41, 5.74) is 6.46. The fourth-order valence-electron chi connectivity index (χ4n) is 2.42.